The van der Waals surface area contributed by atoms with Gasteiger partial charge in [-0.05, 0) is 62.3 Å². The highest BCUT2D eigenvalue weighted by Crippen LogP contribution is 2.26. The number of carbonyl (C=O) groups is 1. The second-order valence-corrected chi connectivity index (χ2v) is 6.45. The second-order valence-electron chi connectivity index (χ2n) is 6.45. The molecule has 1 fully saturated rings. The van der Waals surface area contributed by atoms with Gasteiger partial charge in [0, 0.05) is 13.1 Å². The molecule has 21 heavy (non-hydrogen) atoms. The first-order chi connectivity index (χ1) is 10.0. The number of carbonyl (C=O) groups excluding carboxylic acids is 1. The summed E-state index contributed by atoms with van der Waals surface area (Å²) in [6.45, 7) is 3.13. The Balaban J connectivity index is 1.52. The lowest BCUT2D eigenvalue weighted by Gasteiger charge is -2.35. The third kappa shape index (κ3) is 3.38. The van der Waals surface area contributed by atoms with Gasteiger partial charge in [0.05, 0.1) is 5.60 Å². The Morgan fingerprint density at radius 1 is 1.29 bits per heavy atom. The number of likely N-dealkylation sites (tertiary alicyclic amines) is 1. The van der Waals surface area contributed by atoms with Gasteiger partial charge in [-0.15, -0.1) is 0 Å². The molecule has 2 aliphatic rings. The SMILES string of the molecule is CC1(O)CCN(C(=O)COc2ccc3c(c2)CCC3)CC1. The summed E-state index contributed by atoms with van der Waals surface area (Å²) < 4.78 is 5.64. The summed E-state index contributed by atoms with van der Waals surface area (Å²) in [7, 11) is 0. The Bertz CT molecular complexity index is 529. The zero-order valence-electron chi connectivity index (χ0n) is 12.6. The molecule has 1 aliphatic carbocycles. The first-order valence-electron chi connectivity index (χ1n) is 7.78. The van der Waals surface area contributed by atoms with Crippen LogP contribution >= 0.6 is 0 Å². The predicted molar refractivity (Wildman–Crippen MR) is 80.4 cm³/mol. The molecule has 1 N–H and O–H groups in total. The van der Waals surface area contributed by atoms with E-state index in [1.807, 2.05) is 13.0 Å². The molecule has 1 aromatic rings. The summed E-state index contributed by atoms with van der Waals surface area (Å²) in [6, 6.07) is 6.13. The number of benzene rings is 1. The van der Waals surface area contributed by atoms with Crippen molar-refractivity contribution in [1.82, 2.24) is 4.90 Å². The molecule has 3 rings (SSSR count). The monoisotopic (exact) mass is 289 g/mol. The normalized spacial score (nSPS) is 20.2. The van der Waals surface area contributed by atoms with Gasteiger partial charge >= 0.3 is 0 Å². The van der Waals surface area contributed by atoms with Crippen LogP contribution in [0.1, 0.15) is 37.3 Å². The van der Waals surface area contributed by atoms with Crippen LogP contribution in [-0.4, -0.2) is 41.2 Å². The Morgan fingerprint density at radius 2 is 2.00 bits per heavy atom. The lowest BCUT2D eigenvalue weighted by Crippen LogP contribution is -2.46. The van der Waals surface area contributed by atoms with E-state index < -0.39 is 5.60 Å². The number of fused-ring (bicyclic) bond motifs is 1. The summed E-state index contributed by atoms with van der Waals surface area (Å²) in [5, 5.41) is 9.90. The first kappa shape index (κ1) is 14.4. The fourth-order valence-corrected chi connectivity index (χ4v) is 3.11. The Labute approximate surface area is 125 Å². The van der Waals surface area contributed by atoms with Crippen molar-refractivity contribution >= 4 is 5.91 Å². The maximum atomic E-state index is 12.1. The summed E-state index contributed by atoms with van der Waals surface area (Å²) >= 11 is 0. The van der Waals surface area contributed by atoms with Gasteiger partial charge in [0.15, 0.2) is 6.61 Å². The molecule has 1 amide bonds. The molecule has 1 aliphatic heterocycles. The zero-order valence-corrected chi connectivity index (χ0v) is 12.6. The molecule has 0 atom stereocenters. The van der Waals surface area contributed by atoms with Crippen LogP contribution in [0, 0.1) is 0 Å². The van der Waals surface area contributed by atoms with Gasteiger partial charge in [-0.3, -0.25) is 4.79 Å². The molecular weight excluding hydrogens is 266 g/mol. The van der Waals surface area contributed by atoms with Gasteiger partial charge in [-0.2, -0.15) is 0 Å². The first-order valence-corrected chi connectivity index (χ1v) is 7.78. The number of hydrogen-bond donors (Lipinski definition) is 1. The standard InChI is InChI=1S/C17H23NO3/c1-17(20)7-9-18(10-8-17)16(19)12-21-15-6-5-13-3-2-4-14(13)11-15/h5-6,11,20H,2-4,7-10,12H2,1H3. The van der Waals surface area contributed by atoms with Crippen LogP contribution < -0.4 is 4.74 Å². The van der Waals surface area contributed by atoms with Crippen molar-refractivity contribution in [1.29, 1.82) is 0 Å². The molecule has 1 aromatic carbocycles. The van der Waals surface area contributed by atoms with Crippen LogP contribution in [-0.2, 0) is 17.6 Å². The van der Waals surface area contributed by atoms with Crippen LogP contribution in [0.2, 0.25) is 0 Å². The minimum atomic E-state index is -0.627. The van der Waals surface area contributed by atoms with Crippen molar-refractivity contribution < 1.29 is 14.6 Å². The number of aliphatic hydroxyl groups is 1. The van der Waals surface area contributed by atoms with Crippen molar-refractivity contribution in [3.8, 4) is 5.75 Å². The largest absolute Gasteiger partial charge is 0.484 e. The van der Waals surface area contributed by atoms with E-state index in [1.54, 1.807) is 4.90 Å². The Morgan fingerprint density at radius 3 is 2.76 bits per heavy atom. The smallest absolute Gasteiger partial charge is 0.260 e. The molecule has 1 saturated heterocycles. The number of ether oxygens (including phenoxy) is 1. The molecule has 0 saturated carbocycles. The van der Waals surface area contributed by atoms with Crippen LogP contribution in [0.3, 0.4) is 0 Å². The fourth-order valence-electron chi connectivity index (χ4n) is 3.11. The lowest BCUT2D eigenvalue weighted by molar-refractivity contribution is -0.137. The van der Waals surface area contributed by atoms with Gasteiger partial charge < -0.3 is 14.7 Å². The number of nitrogens with zero attached hydrogens (tertiary/aromatic N) is 1. The minimum Gasteiger partial charge on any atom is -0.484 e. The quantitative estimate of drug-likeness (QED) is 0.925. The number of rotatable bonds is 3. The molecule has 1 heterocycles. The summed E-state index contributed by atoms with van der Waals surface area (Å²) in [5.41, 5.74) is 2.14. The van der Waals surface area contributed by atoms with E-state index in [0.717, 1.165) is 18.6 Å². The van der Waals surface area contributed by atoms with E-state index in [4.69, 9.17) is 4.74 Å². The van der Waals surface area contributed by atoms with E-state index in [0.29, 0.717) is 25.9 Å². The van der Waals surface area contributed by atoms with Crippen LogP contribution in [0.25, 0.3) is 0 Å². The summed E-state index contributed by atoms with van der Waals surface area (Å²) in [6.07, 6.45) is 4.75. The van der Waals surface area contributed by atoms with Gasteiger partial charge in [0.25, 0.3) is 5.91 Å². The number of hydrogen-bond acceptors (Lipinski definition) is 3. The third-order valence-electron chi connectivity index (χ3n) is 4.63. The van der Waals surface area contributed by atoms with Crippen LogP contribution in [0.5, 0.6) is 5.75 Å². The Kier molecular flexibility index (Phi) is 3.89. The van der Waals surface area contributed by atoms with E-state index in [-0.39, 0.29) is 12.5 Å². The van der Waals surface area contributed by atoms with Crippen molar-refractivity contribution in [3.63, 3.8) is 0 Å². The van der Waals surface area contributed by atoms with Gasteiger partial charge in [-0.25, -0.2) is 0 Å². The van der Waals surface area contributed by atoms with E-state index in [1.165, 1.54) is 17.5 Å². The molecule has 0 unspecified atom stereocenters. The second kappa shape index (κ2) is 5.68. The van der Waals surface area contributed by atoms with Crippen molar-refractivity contribution in [2.24, 2.45) is 0 Å². The minimum absolute atomic E-state index is 0.00555. The highest BCUT2D eigenvalue weighted by molar-refractivity contribution is 5.77. The van der Waals surface area contributed by atoms with Gasteiger partial charge in [-0.1, -0.05) is 6.07 Å². The lowest BCUT2D eigenvalue weighted by atomic mass is 9.94. The van der Waals surface area contributed by atoms with Crippen LogP contribution in [0.4, 0.5) is 0 Å². The molecule has 0 aromatic heterocycles. The topological polar surface area (TPSA) is 49.8 Å². The van der Waals surface area contributed by atoms with Crippen LogP contribution in [0.15, 0.2) is 18.2 Å². The molecule has 4 heteroatoms. The molecule has 0 spiro atoms. The highest BCUT2D eigenvalue weighted by atomic mass is 16.5. The fraction of sp³-hybridized carbons (Fsp3) is 0.588. The number of amides is 1. The van der Waals surface area contributed by atoms with Crippen molar-refractivity contribution in [3.05, 3.63) is 29.3 Å². The van der Waals surface area contributed by atoms with E-state index in [9.17, 15) is 9.90 Å². The zero-order chi connectivity index (χ0) is 14.9. The molecular formula is C17H23NO3. The predicted octanol–water partition coefficient (Wildman–Crippen LogP) is 1.93. The molecule has 0 bridgehead atoms. The maximum absolute atomic E-state index is 12.1. The summed E-state index contributed by atoms with van der Waals surface area (Å²) in [5.74, 6) is 0.791. The summed E-state index contributed by atoms with van der Waals surface area (Å²) in [4.78, 5) is 13.9. The van der Waals surface area contributed by atoms with Crippen molar-refractivity contribution in [2.45, 2.75) is 44.6 Å². The molecule has 0 radical (unpaired) electrons. The van der Waals surface area contributed by atoms with E-state index >= 15 is 0 Å². The van der Waals surface area contributed by atoms with Crippen molar-refractivity contribution in [2.75, 3.05) is 19.7 Å². The number of aryl methyl sites for hydroxylation is 2. The average molecular weight is 289 g/mol. The molecule has 4 nitrogen and oxygen atoms in total. The number of piperidine rings is 1. The molecule has 114 valence electrons. The van der Waals surface area contributed by atoms with Gasteiger partial charge in [0.1, 0.15) is 5.75 Å². The van der Waals surface area contributed by atoms with E-state index in [2.05, 4.69) is 12.1 Å². The maximum Gasteiger partial charge on any atom is 0.260 e. The third-order valence-corrected chi connectivity index (χ3v) is 4.63. The van der Waals surface area contributed by atoms with Gasteiger partial charge in [0.2, 0.25) is 0 Å². The Hall–Kier alpha value is -1.55. The highest BCUT2D eigenvalue weighted by Gasteiger charge is 2.29. The average Bonchev–Trinajstić information content (AvgIpc) is 2.92.